The summed E-state index contributed by atoms with van der Waals surface area (Å²) in [7, 11) is -3.86. The van der Waals surface area contributed by atoms with Crippen LogP contribution in [0.2, 0.25) is 0 Å². The molecule has 0 unspecified atom stereocenters. The number of piperazine rings is 1. The van der Waals surface area contributed by atoms with Crippen LogP contribution in [-0.4, -0.2) is 70.1 Å². The molecule has 0 aromatic heterocycles. The Labute approximate surface area is 281 Å². The average Bonchev–Trinajstić information content (AvgIpc) is 3.09. The van der Waals surface area contributed by atoms with E-state index in [2.05, 4.69) is 10.2 Å². The Hall–Kier alpha value is -4.87. The molecule has 250 valence electrons. The molecule has 4 aromatic carbocycles. The van der Waals surface area contributed by atoms with Crippen LogP contribution in [0.4, 0.5) is 5.69 Å². The van der Waals surface area contributed by atoms with Crippen molar-refractivity contribution in [3.63, 3.8) is 0 Å². The Morgan fingerprint density at radius 3 is 2.23 bits per heavy atom. The summed E-state index contributed by atoms with van der Waals surface area (Å²) in [5, 5.41) is 2.73. The third kappa shape index (κ3) is 8.34. The number of hydrogen-bond donors (Lipinski definition) is 1. The van der Waals surface area contributed by atoms with E-state index in [4.69, 9.17) is 13.7 Å². The van der Waals surface area contributed by atoms with E-state index in [1.807, 2.05) is 54.6 Å². The van der Waals surface area contributed by atoms with Gasteiger partial charge < -0.3 is 24.6 Å². The van der Waals surface area contributed by atoms with Crippen molar-refractivity contribution >= 4 is 27.6 Å². The van der Waals surface area contributed by atoms with Crippen molar-refractivity contribution in [3.05, 3.63) is 120 Å². The van der Waals surface area contributed by atoms with Crippen LogP contribution in [0.3, 0.4) is 0 Å². The molecule has 1 aliphatic heterocycles. The van der Waals surface area contributed by atoms with E-state index >= 15 is 0 Å². The van der Waals surface area contributed by atoms with Crippen molar-refractivity contribution in [2.75, 3.05) is 37.6 Å². The summed E-state index contributed by atoms with van der Waals surface area (Å²) in [6, 6.07) is 31.5. The lowest BCUT2D eigenvalue weighted by atomic mass is 9.92. The van der Waals surface area contributed by atoms with Crippen molar-refractivity contribution in [2.24, 2.45) is 0 Å². The number of amides is 2. The lowest BCUT2D eigenvalue weighted by molar-refractivity contribution is -0.130. The van der Waals surface area contributed by atoms with Crippen LogP contribution in [0.1, 0.15) is 34.3 Å². The molecule has 48 heavy (non-hydrogen) atoms. The van der Waals surface area contributed by atoms with Crippen LogP contribution in [-0.2, 0) is 25.7 Å². The van der Waals surface area contributed by atoms with E-state index in [1.54, 1.807) is 54.3 Å². The number of aryl methyl sites for hydroxylation is 1. The van der Waals surface area contributed by atoms with Gasteiger partial charge in [0.15, 0.2) is 0 Å². The molecule has 6 rings (SSSR count). The van der Waals surface area contributed by atoms with Gasteiger partial charge in [0.05, 0.1) is 17.5 Å². The highest BCUT2D eigenvalue weighted by atomic mass is 32.2. The number of rotatable bonds is 12. The van der Waals surface area contributed by atoms with Crippen LogP contribution in [0.15, 0.2) is 108 Å². The van der Waals surface area contributed by atoms with E-state index in [1.165, 1.54) is 6.07 Å². The normalized spacial score (nSPS) is 17.7. The molecule has 0 atom stereocenters. The van der Waals surface area contributed by atoms with E-state index in [-0.39, 0.29) is 29.4 Å². The smallest absolute Gasteiger partial charge is 0.297 e. The van der Waals surface area contributed by atoms with Crippen molar-refractivity contribution < 1.29 is 31.7 Å². The Morgan fingerprint density at radius 2 is 1.50 bits per heavy atom. The maximum Gasteiger partial charge on any atom is 0.297 e. The highest BCUT2D eigenvalue weighted by molar-refractivity contribution is 7.86. The Balaban J connectivity index is 0.910. The van der Waals surface area contributed by atoms with Gasteiger partial charge in [-0.05, 0) is 66.6 Å². The molecule has 1 saturated heterocycles. The van der Waals surface area contributed by atoms with Crippen molar-refractivity contribution in [1.82, 2.24) is 10.2 Å². The van der Waals surface area contributed by atoms with Crippen LogP contribution < -0.4 is 19.7 Å². The molecule has 1 aliphatic carbocycles. The molecular formula is C37H39N3O7S. The standard InChI is InChI=1S/C37H39N3O7S/c1-27-8-5-6-13-35(27)48(43,44)47-34-23-33(24-34)46-32-12-7-11-29(22-32)37(42)38-25-36(41)40-20-18-39(19-21-40)30-14-16-31(17-15-30)45-26-28-9-3-2-4-10-28/h2-17,22,33-34H,18-21,23-26H2,1H3,(H,38,42)/t33-,34+. The molecule has 10 nitrogen and oxygen atoms in total. The molecule has 1 heterocycles. The van der Waals surface area contributed by atoms with Gasteiger partial charge in [-0.2, -0.15) is 8.42 Å². The number of benzene rings is 4. The first-order valence-corrected chi connectivity index (χ1v) is 17.5. The number of carbonyl (C=O) groups is 2. The molecular weight excluding hydrogens is 630 g/mol. The predicted molar refractivity (Wildman–Crippen MR) is 182 cm³/mol. The third-order valence-electron chi connectivity index (χ3n) is 8.56. The van der Waals surface area contributed by atoms with Gasteiger partial charge in [-0.15, -0.1) is 0 Å². The number of nitrogens with one attached hydrogen (secondary N) is 1. The first-order valence-electron chi connectivity index (χ1n) is 16.1. The van der Waals surface area contributed by atoms with Gasteiger partial charge in [-0.25, -0.2) is 0 Å². The van der Waals surface area contributed by atoms with E-state index < -0.39 is 16.2 Å². The molecule has 2 aliphatic rings. The summed E-state index contributed by atoms with van der Waals surface area (Å²) < 4.78 is 42.6. The van der Waals surface area contributed by atoms with Crippen molar-refractivity contribution in [2.45, 2.75) is 43.5 Å². The number of carbonyl (C=O) groups excluding carboxylic acids is 2. The van der Waals surface area contributed by atoms with Gasteiger partial charge in [-0.3, -0.25) is 13.8 Å². The molecule has 4 aromatic rings. The highest BCUT2D eigenvalue weighted by Gasteiger charge is 2.36. The predicted octanol–water partition coefficient (Wildman–Crippen LogP) is 4.97. The van der Waals surface area contributed by atoms with Crippen LogP contribution in [0.25, 0.3) is 0 Å². The maximum atomic E-state index is 12.9. The summed E-state index contributed by atoms with van der Waals surface area (Å²) in [6.45, 7) is 4.63. The van der Waals surface area contributed by atoms with E-state index in [9.17, 15) is 18.0 Å². The minimum Gasteiger partial charge on any atom is -0.490 e. The zero-order chi connectivity index (χ0) is 33.5. The monoisotopic (exact) mass is 669 g/mol. The quantitative estimate of drug-likeness (QED) is 0.211. The number of anilines is 1. The molecule has 1 saturated carbocycles. The number of nitrogens with zero attached hydrogens (tertiary/aromatic N) is 2. The second-order valence-corrected chi connectivity index (χ2v) is 13.5. The van der Waals surface area contributed by atoms with Gasteiger partial charge in [0, 0.05) is 50.3 Å². The van der Waals surface area contributed by atoms with E-state index in [0.29, 0.717) is 62.5 Å². The molecule has 0 spiro atoms. The number of ether oxygens (including phenoxy) is 2. The number of hydrogen-bond acceptors (Lipinski definition) is 8. The summed E-state index contributed by atoms with van der Waals surface area (Å²) in [6.07, 6.45) is 0.131. The van der Waals surface area contributed by atoms with Crippen LogP contribution >= 0.6 is 0 Å². The molecule has 2 amide bonds. The van der Waals surface area contributed by atoms with Crippen LogP contribution in [0, 0.1) is 6.92 Å². The summed E-state index contributed by atoms with van der Waals surface area (Å²) in [4.78, 5) is 29.9. The van der Waals surface area contributed by atoms with E-state index in [0.717, 1.165) is 17.0 Å². The van der Waals surface area contributed by atoms with Gasteiger partial charge in [0.1, 0.15) is 24.2 Å². The minimum absolute atomic E-state index is 0.103. The fraction of sp³-hybridized carbons (Fsp3) is 0.297. The largest absolute Gasteiger partial charge is 0.490 e. The van der Waals surface area contributed by atoms with Gasteiger partial charge in [-0.1, -0.05) is 54.6 Å². The Bertz CT molecular complexity index is 1820. The minimum atomic E-state index is -3.86. The second kappa shape index (κ2) is 14.9. The summed E-state index contributed by atoms with van der Waals surface area (Å²) in [5.41, 5.74) is 3.19. The summed E-state index contributed by atoms with van der Waals surface area (Å²) >= 11 is 0. The average molecular weight is 670 g/mol. The van der Waals surface area contributed by atoms with Crippen molar-refractivity contribution in [1.29, 1.82) is 0 Å². The second-order valence-electron chi connectivity index (χ2n) is 12.0. The zero-order valence-electron chi connectivity index (χ0n) is 26.8. The Kier molecular flexibility index (Phi) is 10.3. The lowest BCUT2D eigenvalue weighted by Gasteiger charge is -2.36. The first-order chi connectivity index (χ1) is 23.2. The SMILES string of the molecule is Cc1ccccc1S(=O)(=O)O[C@H]1C[C@@H](Oc2cccc(C(=O)NCC(=O)N3CCN(c4ccc(OCc5ccccc5)cc4)CC3)c2)C1. The molecule has 2 fully saturated rings. The van der Waals surface area contributed by atoms with Crippen molar-refractivity contribution in [3.8, 4) is 11.5 Å². The molecule has 0 radical (unpaired) electrons. The highest BCUT2D eigenvalue weighted by Crippen LogP contribution is 2.32. The fourth-order valence-corrected chi connectivity index (χ4v) is 7.07. The molecule has 11 heteroatoms. The van der Waals surface area contributed by atoms with Gasteiger partial charge in [0.25, 0.3) is 16.0 Å². The van der Waals surface area contributed by atoms with Gasteiger partial charge >= 0.3 is 0 Å². The zero-order valence-corrected chi connectivity index (χ0v) is 27.6. The summed E-state index contributed by atoms with van der Waals surface area (Å²) in [5.74, 6) is 0.784. The third-order valence-corrected chi connectivity index (χ3v) is 10.1. The lowest BCUT2D eigenvalue weighted by Crippen LogP contribution is -2.51. The first kappa shape index (κ1) is 33.0. The van der Waals surface area contributed by atoms with Crippen LogP contribution in [0.5, 0.6) is 11.5 Å². The van der Waals surface area contributed by atoms with Gasteiger partial charge in [0.2, 0.25) is 5.91 Å². The topological polar surface area (TPSA) is 114 Å². The molecule has 1 N–H and O–H groups in total. The maximum absolute atomic E-state index is 12.9. The Morgan fingerprint density at radius 1 is 0.792 bits per heavy atom. The fourth-order valence-electron chi connectivity index (χ4n) is 5.74. The molecule has 0 bridgehead atoms.